The Morgan fingerprint density at radius 1 is 1.17 bits per heavy atom. The number of carbonyl (C=O) groups is 1. The highest BCUT2D eigenvalue weighted by molar-refractivity contribution is 9.10. The fourth-order valence-corrected chi connectivity index (χ4v) is 3.81. The minimum Gasteiger partial charge on any atom is -0.380 e. The Kier molecular flexibility index (Phi) is 5.34. The largest absolute Gasteiger partial charge is 0.380 e. The zero-order chi connectivity index (χ0) is 20.5. The summed E-state index contributed by atoms with van der Waals surface area (Å²) in [4.78, 5) is 19.7. The molecule has 1 aliphatic rings. The first-order valence-electron chi connectivity index (χ1n) is 9.08. The standard InChI is InChI=1S/C22H19BrFN3O2/c1-13-11-15(12-29-2)19-21(25-13)27(18-9-7-17(24)8-10-18)20(26-22(19)28)14-3-5-16(23)6-4-14/h3-11,20H,12H2,1-2H3,(H,26,28)/t20-/m1/s1. The number of nitrogens with zero attached hydrogens (tertiary/aromatic N) is 2. The van der Waals surface area contributed by atoms with E-state index in [0.29, 0.717) is 18.0 Å². The molecule has 148 valence electrons. The molecule has 2 aromatic carbocycles. The molecule has 1 N–H and O–H groups in total. The number of hydrogen-bond acceptors (Lipinski definition) is 4. The van der Waals surface area contributed by atoms with Gasteiger partial charge in [-0.05, 0) is 60.5 Å². The number of anilines is 2. The molecule has 1 amide bonds. The highest BCUT2D eigenvalue weighted by atomic mass is 79.9. The van der Waals surface area contributed by atoms with Crippen molar-refractivity contribution in [3.63, 3.8) is 0 Å². The molecule has 0 saturated carbocycles. The lowest BCUT2D eigenvalue weighted by Crippen LogP contribution is -2.45. The average molecular weight is 456 g/mol. The predicted octanol–water partition coefficient (Wildman–Crippen LogP) is 5.02. The zero-order valence-electron chi connectivity index (χ0n) is 15.9. The number of fused-ring (bicyclic) bond motifs is 1. The van der Waals surface area contributed by atoms with Crippen LogP contribution in [0.4, 0.5) is 15.9 Å². The average Bonchev–Trinajstić information content (AvgIpc) is 2.69. The molecule has 3 aromatic rings. The van der Waals surface area contributed by atoms with Crippen LogP contribution in [0.3, 0.4) is 0 Å². The molecule has 0 spiro atoms. The highest BCUT2D eigenvalue weighted by Crippen LogP contribution is 2.40. The number of aryl methyl sites for hydroxylation is 1. The van der Waals surface area contributed by atoms with Gasteiger partial charge in [0.25, 0.3) is 5.91 Å². The molecule has 5 nitrogen and oxygen atoms in total. The van der Waals surface area contributed by atoms with Gasteiger partial charge in [0.15, 0.2) is 0 Å². The number of nitrogens with one attached hydrogen (secondary N) is 1. The molecule has 2 heterocycles. The van der Waals surface area contributed by atoms with E-state index in [1.807, 2.05) is 42.2 Å². The topological polar surface area (TPSA) is 54.5 Å². The van der Waals surface area contributed by atoms with Gasteiger partial charge in [-0.2, -0.15) is 0 Å². The number of carbonyl (C=O) groups excluding carboxylic acids is 1. The van der Waals surface area contributed by atoms with E-state index in [-0.39, 0.29) is 11.7 Å². The monoisotopic (exact) mass is 455 g/mol. The van der Waals surface area contributed by atoms with Crippen LogP contribution < -0.4 is 10.2 Å². The van der Waals surface area contributed by atoms with E-state index < -0.39 is 6.17 Å². The van der Waals surface area contributed by atoms with Crippen molar-refractivity contribution in [3.05, 3.63) is 87.3 Å². The van der Waals surface area contributed by atoms with Gasteiger partial charge in [0.05, 0.1) is 12.2 Å². The minimum absolute atomic E-state index is 0.217. The SMILES string of the molecule is COCc1cc(C)nc2c1C(=O)N[C@@H](c1ccc(Br)cc1)N2c1ccc(F)cc1. The second-order valence-electron chi connectivity index (χ2n) is 6.83. The van der Waals surface area contributed by atoms with E-state index >= 15 is 0 Å². The Morgan fingerprint density at radius 3 is 2.52 bits per heavy atom. The van der Waals surface area contributed by atoms with Gasteiger partial charge in [-0.1, -0.05) is 28.1 Å². The van der Waals surface area contributed by atoms with Crippen LogP contribution in [0.15, 0.2) is 59.1 Å². The normalized spacial score (nSPS) is 15.8. The van der Waals surface area contributed by atoms with Crippen LogP contribution in [0, 0.1) is 12.7 Å². The molecule has 29 heavy (non-hydrogen) atoms. The Balaban J connectivity index is 1.94. The van der Waals surface area contributed by atoms with Crippen LogP contribution in [0.5, 0.6) is 0 Å². The quantitative estimate of drug-likeness (QED) is 0.599. The van der Waals surface area contributed by atoms with Gasteiger partial charge in [0, 0.05) is 23.0 Å². The summed E-state index contributed by atoms with van der Waals surface area (Å²) in [5.41, 5.74) is 3.60. The van der Waals surface area contributed by atoms with Crippen molar-refractivity contribution in [2.75, 3.05) is 12.0 Å². The molecular formula is C22H19BrFN3O2. The molecule has 7 heteroatoms. The van der Waals surface area contributed by atoms with Gasteiger partial charge in [-0.15, -0.1) is 0 Å². The van der Waals surface area contributed by atoms with Crippen LogP contribution in [-0.2, 0) is 11.3 Å². The third-order valence-corrected chi connectivity index (χ3v) is 5.31. The zero-order valence-corrected chi connectivity index (χ0v) is 17.5. The highest BCUT2D eigenvalue weighted by Gasteiger charge is 2.36. The van der Waals surface area contributed by atoms with Crippen molar-refractivity contribution in [3.8, 4) is 0 Å². The second-order valence-corrected chi connectivity index (χ2v) is 7.74. The molecule has 0 saturated heterocycles. The number of amides is 1. The van der Waals surface area contributed by atoms with Gasteiger partial charge in [0.2, 0.25) is 0 Å². The molecule has 1 aromatic heterocycles. The molecule has 0 unspecified atom stereocenters. The maximum absolute atomic E-state index is 13.6. The van der Waals surface area contributed by atoms with E-state index in [9.17, 15) is 9.18 Å². The number of halogens is 2. The van der Waals surface area contributed by atoms with Crippen LogP contribution in [0.1, 0.15) is 33.3 Å². The van der Waals surface area contributed by atoms with E-state index in [0.717, 1.165) is 27.0 Å². The number of ether oxygens (including phenoxy) is 1. The molecule has 0 bridgehead atoms. The fraction of sp³-hybridized carbons (Fsp3) is 0.182. The molecule has 0 fully saturated rings. The summed E-state index contributed by atoms with van der Waals surface area (Å²) in [6.45, 7) is 2.17. The summed E-state index contributed by atoms with van der Waals surface area (Å²) >= 11 is 3.44. The number of benzene rings is 2. The number of aromatic nitrogens is 1. The number of pyridine rings is 1. The third-order valence-electron chi connectivity index (χ3n) is 4.78. The Bertz CT molecular complexity index is 1050. The third kappa shape index (κ3) is 3.75. The Morgan fingerprint density at radius 2 is 1.86 bits per heavy atom. The maximum Gasteiger partial charge on any atom is 0.257 e. The summed E-state index contributed by atoms with van der Waals surface area (Å²) in [6, 6.07) is 15.7. The van der Waals surface area contributed by atoms with E-state index in [1.165, 1.54) is 12.1 Å². The van der Waals surface area contributed by atoms with Crippen molar-refractivity contribution in [1.29, 1.82) is 0 Å². The number of rotatable bonds is 4. The van der Waals surface area contributed by atoms with Gasteiger partial charge in [-0.3, -0.25) is 4.79 Å². The summed E-state index contributed by atoms with van der Waals surface area (Å²) in [6.07, 6.45) is -0.488. The van der Waals surface area contributed by atoms with Gasteiger partial charge >= 0.3 is 0 Å². The van der Waals surface area contributed by atoms with Gasteiger partial charge < -0.3 is 15.0 Å². The van der Waals surface area contributed by atoms with Crippen molar-refractivity contribution >= 4 is 33.3 Å². The van der Waals surface area contributed by atoms with Crippen LogP contribution in [-0.4, -0.2) is 18.0 Å². The number of methoxy groups -OCH3 is 1. The maximum atomic E-state index is 13.6. The van der Waals surface area contributed by atoms with Crippen molar-refractivity contribution in [2.45, 2.75) is 19.7 Å². The summed E-state index contributed by atoms with van der Waals surface area (Å²) < 4.78 is 19.8. The van der Waals surface area contributed by atoms with E-state index in [2.05, 4.69) is 26.2 Å². The second kappa shape index (κ2) is 7.93. The Hall–Kier alpha value is -2.77. The summed E-state index contributed by atoms with van der Waals surface area (Å²) in [5, 5.41) is 3.07. The summed E-state index contributed by atoms with van der Waals surface area (Å²) in [7, 11) is 1.59. The smallest absolute Gasteiger partial charge is 0.257 e. The molecule has 0 radical (unpaired) electrons. The van der Waals surface area contributed by atoms with Crippen molar-refractivity contribution < 1.29 is 13.9 Å². The van der Waals surface area contributed by atoms with E-state index in [1.54, 1.807) is 19.2 Å². The predicted molar refractivity (Wildman–Crippen MR) is 113 cm³/mol. The van der Waals surface area contributed by atoms with Crippen LogP contribution in [0.25, 0.3) is 0 Å². The summed E-state index contributed by atoms with van der Waals surface area (Å²) in [5.74, 6) is -0.0151. The van der Waals surface area contributed by atoms with Gasteiger partial charge in [-0.25, -0.2) is 9.37 Å². The first-order valence-corrected chi connectivity index (χ1v) is 9.88. The molecule has 1 aliphatic heterocycles. The number of hydrogen-bond donors (Lipinski definition) is 1. The lowest BCUT2D eigenvalue weighted by Gasteiger charge is -2.39. The first kappa shape index (κ1) is 19.5. The fourth-order valence-electron chi connectivity index (χ4n) is 3.55. The first-order chi connectivity index (χ1) is 14.0. The Labute approximate surface area is 176 Å². The van der Waals surface area contributed by atoms with Crippen molar-refractivity contribution in [1.82, 2.24) is 10.3 Å². The molecular weight excluding hydrogens is 437 g/mol. The molecule has 0 aliphatic carbocycles. The molecule has 1 atom stereocenters. The van der Waals surface area contributed by atoms with Crippen molar-refractivity contribution in [2.24, 2.45) is 0 Å². The lowest BCUT2D eigenvalue weighted by molar-refractivity contribution is 0.0923. The van der Waals surface area contributed by atoms with Crippen LogP contribution >= 0.6 is 15.9 Å². The van der Waals surface area contributed by atoms with Crippen LogP contribution in [0.2, 0.25) is 0 Å². The minimum atomic E-state index is -0.488. The lowest BCUT2D eigenvalue weighted by atomic mass is 10.0. The van der Waals surface area contributed by atoms with Gasteiger partial charge in [0.1, 0.15) is 17.8 Å². The van der Waals surface area contributed by atoms with E-state index in [4.69, 9.17) is 4.74 Å². The molecule has 4 rings (SSSR count).